The van der Waals surface area contributed by atoms with Crippen molar-refractivity contribution in [1.29, 1.82) is 0 Å². The summed E-state index contributed by atoms with van der Waals surface area (Å²) in [7, 11) is -3.55. The molecule has 1 aliphatic heterocycles. The first-order chi connectivity index (χ1) is 10.1. The highest BCUT2D eigenvalue weighted by molar-refractivity contribution is 7.89. The third-order valence-corrected chi connectivity index (χ3v) is 5.73. The van der Waals surface area contributed by atoms with E-state index in [1.54, 1.807) is 36.4 Å². The lowest BCUT2D eigenvalue weighted by Crippen LogP contribution is -2.34. The van der Waals surface area contributed by atoms with Crippen molar-refractivity contribution in [2.45, 2.75) is 11.3 Å². The summed E-state index contributed by atoms with van der Waals surface area (Å²) in [6.07, 6.45) is 0.801. The first kappa shape index (κ1) is 14.3. The third kappa shape index (κ3) is 2.62. The molecule has 2 aromatic rings. The fourth-order valence-electron chi connectivity index (χ4n) is 2.69. The molecule has 1 fully saturated rings. The largest absolute Gasteiger partial charge is 0.507 e. The Morgan fingerprint density at radius 2 is 1.76 bits per heavy atom. The van der Waals surface area contributed by atoms with Crippen molar-refractivity contribution in [3.63, 3.8) is 0 Å². The minimum absolute atomic E-state index is 0.0992. The molecule has 1 heterocycles. The fourth-order valence-corrected chi connectivity index (χ4v) is 4.38. The highest BCUT2D eigenvalue weighted by Gasteiger charge is 2.26. The summed E-state index contributed by atoms with van der Waals surface area (Å²) in [5.41, 5.74) is 0. The Labute approximate surface area is 124 Å². The van der Waals surface area contributed by atoms with Gasteiger partial charge in [-0.2, -0.15) is 4.31 Å². The van der Waals surface area contributed by atoms with Crippen molar-refractivity contribution in [2.75, 3.05) is 26.2 Å². The van der Waals surface area contributed by atoms with E-state index < -0.39 is 10.0 Å². The number of nitrogens with zero attached hydrogens (tertiary/aromatic N) is 1. The van der Waals surface area contributed by atoms with Gasteiger partial charge < -0.3 is 10.4 Å². The second kappa shape index (κ2) is 5.63. The number of phenols is 1. The predicted molar refractivity (Wildman–Crippen MR) is 81.9 cm³/mol. The van der Waals surface area contributed by atoms with E-state index in [9.17, 15) is 13.5 Å². The van der Waals surface area contributed by atoms with Gasteiger partial charge in [0.15, 0.2) is 0 Å². The Kier molecular flexibility index (Phi) is 3.84. The van der Waals surface area contributed by atoms with Crippen molar-refractivity contribution in [2.24, 2.45) is 0 Å². The number of nitrogens with one attached hydrogen (secondary N) is 1. The molecular weight excluding hydrogens is 288 g/mol. The highest BCUT2D eigenvalue weighted by atomic mass is 32.2. The van der Waals surface area contributed by atoms with Gasteiger partial charge in [0, 0.05) is 30.4 Å². The third-order valence-electron chi connectivity index (χ3n) is 3.78. The van der Waals surface area contributed by atoms with Crippen LogP contribution in [0.15, 0.2) is 41.3 Å². The number of aromatic hydroxyl groups is 1. The molecule has 0 atom stereocenters. The van der Waals surface area contributed by atoms with Crippen LogP contribution in [-0.2, 0) is 10.0 Å². The van der Waals surface area contributed by atoms with Crippen LogP contribution in [0.5, 0.6) is 5.75 Å². The van der Waals surface area contributed by atoms with Crippen LogP contribution in [0.4, 0.5) is 0 Å². The molecule has 1 saturated heterocycles. The van der Waals surface area contributed by atoms with Gasteiger partial charge in [-0.15, -0.1) is 0 Å². The quantitative estimate of drug-likeness (QED) is 0.883. The lowest BCUT2D eigenvalue weighted by atomic mass is 10.1. The van der Waals surface area contributed by atoms with Crippen LogP contribution in [0, 0.1) is 0 Å². The Bertz CT molecular complexity index is 751. The topological polar surface area (TPSA) is 69.6 Å². The van der Waals surface area contributed by atoms with Crippen molar-refractivity contribution in [3.05, 3.63) is 36.4 Å². The van der Waals surface area contributed by atoms with Crippen LogP contribution in [0.3, 0.4) is 0 Å². The van der Waals surface area contributed by atoms with E-state index in [2.05, 4.69) is 5.32 Å². The lowest BCUT2D eigenvalue weighted by Gasteiger charge is -2.20. The van der Waals surface area contributed by atoms with E-state index in [-0.39, 0.29) is 10.6 Å². The molecular formula is C15H18N2O3S. The second-order valence-corrected chi connectivity index (χ2v) is 7.04. The van der Waals surface area contributed by atoms with Gasteiger partial charge >= 0.3 is 0 Å². The zero-order valence-electron chi connectivity index (χ0n) is 11.6. The number of rotatable bonds is 2. The molecule has 3 rings (SSSR count). The number of hydrogen-bond donors (Lipinski definition) is 2. The summed E-state index contributed by atoms with van der Waals surface area (Å²) >= 11 is 0. The van der Waals surface area contributed by atoms with E-state index in [4.69, 9.17) is 0 Å². The Balaban J connectivity index is 2.12. The van der Waals surface area contributed by atoms with Crippen molar-refractivity contribution < 1.29 is 13.5 Å². The number of hydrogen-bond acceptors (Lipinski definition) is 4. The number of phenolic OH excluding ortho intramolecular Hbond substituents is 1. The van der Waals surface area contributed by atoms with Gasteiger partial charge in [-0.1, -0.05) is 24.3 Å². The molecule has 2 aromatic carbocycles. The average molecular weight is 306 g/mol. The van der Waals surface area contributed by atoms with Gasteiger partial charge in [-0.05, 0) is 25.1 Å². The molecule has 1 aliphatic rings. The highest BCUT2D eigenvalue weighted by Crippen LogP contribution is 2.30. The first-order valence-corrected chi connectivity index (χ1v) is 8.46. The molecule has 0 aromatic heterocycles. The van der Waals surface area contributed by atoms with Gasteiger partial charge in [0.1, 0.15) is 5.75 Å². The predicted octanol–water partition coefficient (Wildman–Crippen LogP) is 1.53. The fraction of sp³-hybridized carbons (Fsp3) is 0.333. The lowest BCUT2D eigenvalue weighted by molar-refractivity contribution is 0.432. The number of benzene rings is 2. The average Bonchev–Trinajstić information content (AvgIpc) is 2.77. The minimum atomic E-state index is -3.55. The van der Waals surface area contributed by atoms with E-state index in [1.807, 2.05) is 0 Å². The minimum Gasteiger partial charge on any atom is -0.507 e. The summed E-state index contributed by atoms with van der Waals surface area (Å²) in [4.78, 5) is 0.262. The first-order valence-electron chi connectivity index (χ1n) is 7.02. The molecule has 0 amide bonds. The van der Waals surface area contributed by atoms with Gasteiger partial charge in [0.25, 0.3) is 0 Å². The Morgan fingerprint density at radius 1 is 1.00 bits per heavy atom. The van der Waals surface area contributed by atoms with Crippen molar-refractivity contribution in [3.8, 4) is 5.75 Å². The van der Waals surface area contributed by atoms with Gasteiger partial charge in [0.2, 0.25) is 10.0 Å². The van der Waals surface area contributed by atoms with Crippen LogP contribution in [0.1, 0.15) is 6.42 Å². The van der Waals surface area contributed by atoms with Crippen molar-refractivity contribution >= 4 is 20.8 Å². The smallest absolute Gasteiger partial charge is 0.243 e. The zero-order chi connectivity index (χ0) is 14.9. The number of sulfonamides is 1. The Morgan fingerprint density at radius 3 is 2.62 bits per heavy atom. The van der Waals surface area contributed by atoms with E-state index in [0.29, 0.717) is 30.4 Å². The summed E-state index contributed by atoms with van der Waals surface area (Å²) < 4.78 is 27.3. The van der Waals surface area contributed by atoms with Gasteiger partial charge in [-0.25, -0.2) is 8.42 Å². The SMILES string of the molecule is O=S(=O)(c1cccc2c(O)cccc12)N1CCCNCC1. The maximum absolute atomic E-state index is 12.9. The van der Waals surface area contributed by atoms with Crippen molar-refractivity contribution in [1.82, 2.24) is 9.62 Å². The molecule has 6 heteroatoms. The molecule has 0 aliphatic carbocycles. The summed E-state index contributed by atoms with van der Waals surface area (Å²) in [5.74, 6) is 0.0992. The standard InChI is InChI=1S/C15H18N2O3S/c18-14-6-1-5-13-12(14)4-2-7-15(13)21(19,20)17-10-3-8-16-9-11-17/h1-2,4-7,16,18H,3,8-11H2. The summed E-state index contributed by atoms with van der Waals surface area (Å²) in [5, 5.41) is 14.2. The summed E-state index contributed by atoms with van der Waals surface area (Å²) in [6.45, 7) is 2.49. The molecule has 5 nitrogen and oxygen atoms in total. The summed E-state index contributed by atoms with van der Waals surface area (Å²) in [6, 6.07) is 9.97. The van der Waals surface area contributed by atoms with Gasteiger partial charge in [-0.3, -0.25) is 0 Å². The van der Waals surface area contributed by atoms with Crippen LogP contribution < -0.4 is 5.32 Å². The molecule has 0 bridgehead atoms. The normalized spacial score (nSPS) is 17.7. The second-order valence-electron chi connectivity index (χ2n) is 5.14. The molecule has 112 valence electrons. The van der Waals surface area contributed by atoms with E-state index in [0.717, 1.165) is 13.0 Å². The maximum atomic E-state index is 12.9. The van der Waals surface area contributed by atoms with E-state index >= 15 is 0 Å². The molecule has 21 heavy (non-hydrogen) atoms. The van der Waals surface area contributed by atoms with Crippen LogP contribution in [-0.4, -0.2) is 44.0 Å². The van der Waals surface area contributed by atoms with E-state index in [1.165, 1.54) is 4.31 Å². The maximum Gasteiger partial charge on any atom is 0.243 e. The zero-order valence-corrected chi connectivity index (χ0v) is 12.4. The van der Waals surface area contributed by atoms with Gasteiger partial charge in [0.05, 0.1) is 4.90 Å². The van der Waals surface area contributed by atoms with Crippen LogP contribution in [0.2, 0.25) is 0 Å². The Hall–Kier alpha value is -1.63. The van der Waals surface area contributed by atoms with Crippen LogP contribution in [0.25, 0.3) is 10.8 Å². The molecule has 0 radical (unpaired) electrons. The van der Waals surface area contributed by atoms with Crippen LogP contribution >= 0.6 is 0 Å². The monoisotopic (exact) mass is 306 g/mol. The molecule has 0 unspecified atom stereocenters. The molecule has 0 spiro atoms. The molecule has 0 saturated carbocycles. The molecule has 2 N–H and O–H groups in total. The number of fused-ring (bicyclic) bond motifs is 1.